The van der Waals surface area contributed by atoms with E-state index in [4.69, 9.17) is 0 Å². The minimum absolute atomic E-state index is 0.0983. The lowest BCUT2D eigenvalue weighted by atomic mass is 10.0. The van der Waals surface area contributed by atoms with Crippen molar-refractivity contribution in [2.75, 3.05) is 5.32 Å². The number of H-pyrrole nitrogens is 1. The van der Waals surface area contributed by atoms with Crippen LogP contribution in [0.4, 0.5) is 14.9 Å². The third-order valence-corrected chi connectivity index (χ3v) is 3.50. The molecular formula is C16H19FN4O2. The number of hydrogen-bond acceptors (Lipinski definition) is 3. The van der Waals surface area contributed by atoms with E-state index in [0.717, 1.165) is 11.3 Å². The topological polar surface area (TPSA) is 86.9 Å². The van der Waals surface area contributed by atoms with Gasteiger partial charge < -0.3 is 10.6 Å². The molecule has 23 heavy (non-hydrogen) atoms. The van der Waals surface area contributed by atoms with Gasteiger partial charge in [-0.25, -0.2) is 14.3 Å². The first-order valence-electron chi connectivity index (χ1n) is 7.44. The highest BCUT2D eigenvalue weighted by Crippen LogP contribution is 2.11. The van der Waals surface area contributed by atoms with Crippen LogP contribution in [0.2, 0.25) is 0 Å². The van der Waals surface area contributed by atoms with Crippen LogP contribution in [0.25, 0.3) is 0 Å². The van der Waals surface area contributed by atoms with Gasteiger partial charge in [-0.2, -0.15) is 5.10 Å². The maximum Gasteiger partial charge on any atom is 0.319 e. The molecule has 0 saturated carbocycles. The number of carbonyl (C=O) groups is 1. The molecule has 6 nitrogen and oxygen atoms in total. The SMILES string of the molecule is CCc1n[nH]c(=O)c(CNC(=O)Nc2ccc(F)cc2)c1CC. The molecule has 0 aliphatic heterocycles. The number of nitrogens with zero attached hydrogens (tertiary/aromatic N) is 1. The maximum absolute atomic E-state index is 12.8. The highest BCUT2D eigenvalue weighted by molar-refractivity contribution is 5.89. The minimum Gasteiger partial charge on any atom is -0.334 e. The molecule has 0 saturated heterocycles. The number of aromatic nitrogens is 2. The van der Waals surface area contributed by atoms with Crippen LogP contribution in [-0.2, 0) is 19.4 Å². The van der Waals surface area contributed by atoms with Crippen molar-refractivity contribution in [3.63, 3.8) is 0 Å². The molecule has 3 N–H and O–H groups in total. The molecule has 0 aliphatic rings. The predicted octanol–water partition coefficient (Wildman–Crippen LogP) is 2.36. The van der Waals surface area contributed by atoms with Crippen molar-refractivity contribution >= 4 is 11.7 Å². The third kappa shape index (κ3) is 4.15. The number of aryl methyl sites for hydroxylation is 1. The van der Waals surface area contributed by atoms with Crippen molar-refractivity contribution in [3.05, 3.63) is 57.3 Å². The van der Waals surface area contributed by atoms with E-state index in [1.807, 2.05) is 13.8 Å². The van der Waals surface area contributed by atoms with E-state index in [0.29, 0.717) is 24.1 Å². The van der Waals surface area contributed by atoms with Crippen molar-refractivity contribution in [1.82, 2.24) is 15.5 Å². The zero-order valence-corrected chi connectivity index (χ0v) is 13.1. The Bertz CT molecular complexity index is 741. The summed E-state index contributed by atoms with van der Waals surface area (Å²) in [6.07, 6.45) is 1.37. The van der Waals surface area contributed by atoms with Crippen molar-refractivity contribution in [2.45, 2.75) is 33.2 Å². The van der Waals surface area contributed by atoms with Crippen molar-refractivity contribution in [2.24, 2.45) is 0 Å². The highest BCUT2D eigenvalue weighted by Gasteiger charge is 2.12. The Labute approximate surface area is 133 Å². The zero-order valence-electron chi connectivity index (χ0n) is 13.1. The van der Waals surface area contributed by atoms with Crippen LogP contribution in [0.15, 0.2) is 29.1 Å². The summed E-state index contributed by atoms with van der Waals surface area (Å²) in [5.74, 6) is -0.376. The van der Waals surface area contributed by atoms with E-state index in [-0.39, 0.29) is 17.9 Å². The van der Waals surface area contributed by atoms with Gasteiger partial charge in [0.1, 0.15) is 5.82 Å². The van der Waals surface area contributed by atoms with E-state index in [9.17, 15) is 14.0 Å². The smallest absolute Gasteiger partial charge is 0.319 e. The first kappa shape index (κ1) is 16.7. The van der Waals surface area contributed by atoms with E-state index in [1.165, 1.54) is 24.3 Å². The van der Waals surface area contributed by atoms with Crippen molar-refractivity contribution < 1.29 is 9.18 Å². The summed E-state index contributed by atoms with van der Waals surface area (Å²) in [6.45, 7) is 4.00. The van der Waals surface area contributed by atoms with Crippen LogP contribution in [0, 0.1) is 5.82 Å². The largest absolute Gasteiger partial charge is 0.334 e. The number of amides is 2. The fourth-order valence-corrected chi connectivity index (χ4v) is 2.34. The normalized spacial score (nSPS) is 10.4. The van der Waals surface area contributed by atoms with Crippen LogP contribution in [0.1, 0.15) is 30.7 Å². The van der Waals surface area contributed by atoms with Gasteiger partial charge in [0.2, 0.25) is 0 Å². The maximum atomic E-state index is 12.8. The Kier molecular flexibility index (Phi) is 5.46. The van der Waals surface area contributed by atoms with E-state index in [1.54, 1.807) is 0 Å². The molecule has 0 radical (unpaired) electrons. The molecule has 0 spiro atoms. The Morgan fingerprint density at radius 2 is 1.87 bits per heavy atom. The first-order valence-corrected chi connectivity index (χ1v) is 7.44. The summed E-state index contributed by atoms with van der Waals surface area (Å²) >= 11 is 0. The van der Waals surface area contributed by atoms with E-state index in [2.05, 4.69) is 20.8 Å². The van der Waals surface area contributed by atoms with E-state index >= 15 is 0 Å². The van der Waals surface area contributed by atoms with Gasteiger partial charge >= 0.3 is 6.03 Å². The molecule has 2 aromatic rings. The molecule has 2 rings (SSSR count). The first-order chi connectivity index (χ1) is 11.0. The van der Waals surface area contributed by atoms with Crippen LogP contribution in [0.3, 0.4) is 0 Å². The number of hydrogen-bond donors (Lipinski definition) is 3. The predicted molar refractivity (Wildman–Crippen MR) is 85.9 cm³/mol. The van der Waals surface area contributed by atoms with Crippen molar-refractivity contribution in [1.29, 1.82) is 0 Å². The van der Waals surface area contributed by atoms with Crippen LogP contribution >= 0.6 is 0 Å². The lowest BCUT2D eigenvalue weighted by Gasteiger charge is -2.12. The Morgan fingerprint density at radius 1 is 1.17 bits per heavy atom. The molecule has 1 aromatic carbocycles. The number of benzene rings is 1. The number of rotatable bonds is 5. The van der Waals surface area contributed by atoms with Crippen LogP contribution in [-0.4, -0.2) is 16.2 Å². The summed E-state index contributed by atoms with van der Waals surface area (Å²) in [6, 6.07) is 4.97. The second kappa shape index (κ2) is 7.53. The minimum atomic E-state index is -0.465. The number of urea groups is 1. The molecule has 0 atom stereocenters. The summed E-state index contributed by atoms with van der Waals surface area (Å²) < 4.78 is 12.8. The third-order valence-electron chi connectivity index (χ3n) is 3.50. The average molecular weight is 318 g/mol. The number of aromatic amines is 1. The van der Waals surface area contributed by atoms with Gasteiger partial charge in [-0.1, -0.05) is 13.8 Å². The number of carbonyl (C=O) groups excluding carboxylic acids is 1. The number of halogens is 1. The molecule has 0 unspecified atom stereocenters. The Balaban J connectivity index is 2.07. The second-order valence-electron chi connectivity index (χ2n) is 4.98. The highest BCUT2D eigenvalue weighted by atomic mass is 19.1. The average Bonchev–Trinajstić information content (AvgIpc) is 2.55. The summed E-state index contributed by atoms with van der Waals surface area (Å²) in [5.41, 5.74) is 2.36. The van der Waals surface area contributed by atoms with Crippen LogP contribution in [0.5, 0.6) is 0 Å². The zero-order chi connectivity index (χ0) is 16.8. The molecule has 7 heteroatoms. The van der Waals surface area contributed by atoms with Crippen molar-refractivity contribution in [3.8, 4) is 0 Å². The summed E-state index contributed by atoms with van der Waals surface area (Å²) in [5, 5.41) is 11.7. The molecule has 2 amide bonds. The molecule has 122 valence electrons. The molecule has 0 aliphatic carbocycles. The molecule has 0 bridgehead atoms. The van der Waals surface area contributed by atoms with Gasteiger partial charge in [0.15, 0.2) is 0 Å². The molecular weight excluding hydrogens is 299 g/mol. The molecule has 1 heterocycles. The number of nitrogens with one attached hydrogen (secondary N) is 3. The van der Waals surface area contributed by atoms with Gasteiger partial charge in [0, 0.05) is 11.3 Å². The lowest BCUT2D eigenvalue weighted by Crippen LogP contribution is -2.32. The van der Waals surface area contributed by atoms with Gasteiger partial charge in [-0.15, -0.1) is 0 Å². The summed E-state index contributed by atoms with van der Waals surface area (Å²) in [4.78, 5) is 23.8. The van der Waals surface area contributed by atoms with Gasteiger partial charge in [0.05, 0.1) is 12.2 Å². The number of anilines is 1. The molecule has 0 fully saturated rings. The van der Waals surface area contributed by atoms with Gasteiger partial charge in [0.25, 0.3) is 5.56 Å². The fraction of sp³-hybridized carbons (Fsp3) is 0.312. The van der Waals surface area contributed by atoms with Gasteiger partial charge in [-0.3, -0.25) is 4.79 Å². The Hall–Kier alpha value is -2.70. The molecule has 1 aromatic heterocycles. The second-order valence-corrected chi connectivity index (χ2v) is 4.98. The monoisotopic (exact) mass is 318 g/mol. The lowest BCUT2D eigenvalue weighted by molar-refractivity contribution is 0.251. The fourth-order valence-electron chi connectivity index (χ4n) is 2.34. The van der Waals surface area contributed by atoms with Gasteiger partial charge in [-0.05, 0) is 42.7 Å². The standard InChI is InChI=1S/C16H19FN4O2/c1-3-12-13(15(22)21-20-14(12)4-2)9-18-16(23)19-11-7-5-10(17)6-8-11/h5-8H,3-4,9H2,1-2H3,(H,21,22)(H2,18,19,23). The van der Waals surface area contributed by atoms with E-state index < -0.39 is 6.03 Å². The summed E-state index contributed by atoms with van der Waals surface area (Å²) in [7, 11) is 0. The quantitative estimate of drug-likeness (QED) is 0.791. The van der Waals surface area contributed by atoms with Crippen LogP contribution < -0.4 is 16.2 Å². The Morgan fingerprint density at radius 3 is 2.48 bits per heavy atom.